The lowest BCUT2D eigenvalue weighted by atomic mass is 9.80. The molecule has 0 unspecified atom stereocenters. The fraction of sp³-hybridized carbons (Fsp3) is 0.500. The van der Waals surface area contributed by atoms with Gasteiger partial charge in [-0.25, -0.2) is 0 Å². The summed E-state index contributed by atoms with van der Waals surface area (Å²) in [7, 11) is 1.66. The van der Waals surface area contributed by atoms with E-state index in [0.717, 1.165) is 43.5 Å². The van der Waals surface area contributed by atoms with Gasteiger partial charge in [-0.3, -0.25) is 9.78 Å². The minimum absolute atomic E-state index is 0.0298. The van der Waals surface area contributed by atoms with Crippen molar-refractivity contribution in [1.29, 1.82) is 0 Å². The SMILES string of the molecule is COc1ccc(NC2(C(=O)N[C@H]3COC[C@H]3Cc3ccncc3)CCCCC2)cc1. The van der Waals surface area contributed by atoms with Gasteiger partial charge in [0.1, 0.15) is 11.3 Å². The molecule has 30 heavy (non-hydrogen) atoms. The van der Waals surface area contributed by atoms with Crippen molar-refractivity contribution in [2.45, 2.75) is 50.1 Å². The molecule has 1 aliphatic carbocycles. The number of hydrogen-bond donors (Lipinski definition) is 2. The van der Waals surface area contributed by atoms with E-state index in [0.29, 0.717) is 13.2 Å². The molecule has 0 radical (unpaired) electrons. The maximum atomic E-state index is 13.5. The topological polar surface area (TPSA) is 72.5 Å². The first kappa shape index (κ1) is 20.7. The Morgan fingerprint density at radius 3 is 2.53 bits per heavy atom. The zero-order valence-electron chi connectivity index (χ0n) is 17.6. The highest BCUT2D eigenvalue weighted by Crippen LogP contribution is 2.33. The summed E-state index contributed by atoms with van der Waals surface area (Å²) < 4.78 is 11.0. The minimum Gasteiger partial charge on any atom is -0.497 e. The van der Waals surface area contributed by atoms with Crippen molar-refractivity contribution in [2.75, 3.05) is 25.6 Å². The predicted molar refractivity (Wildman–Crippen MR) is 117 cm³/mol. The van der Waals surface area contributed by atoms with E-state index < -0.39 is 5.54 Å². The Balaban J connectivity index is 1.46. The van der Waals surface area contributed by atoms with E-state index in [-0.39, 0.29) is 17.9 Å². The molecule has 6 heteroatoms. The summed E-state index contributed by atoms with van der Waals surface area (Å²) in [6.07, 6.45) is 9.48. The van der Waals surface area contributed by atoms with Crippen molar-refractivity contribution in [2.24, 2.45) is 5.92 Å². The van der Waals surface area contributed by atoms with E-state index in [1.165, 1.54) is 12.0 Å². The smallest absolute Gasteiger partial charge is 0.245 e. The zero-order valence-corrected chi connectivity index (χ0v) is 17.6. The second kappa shape index (κ2) is 9.47. The van der Waals surface area contributed by atoms with E-state index in [9.17, 15) is 4.79 Å². The van der Waals surface area contributed by atoms with E-state index in [4.69, 9.17) is 9.47 Å². The van der Waals surface area contributed by atoms with Crippen molar-refractivity contribution < 1.29 is 14.3 Å². The maximum absolute atomic E-state index is 13.5. The van der Waals surface area contributed by atoms with Crippen LogP contribution in [0, 0.1) is 5.92 Å². The fourth-order valence-electron chi connectivity index (χ4n) is 4.60. The van der Waals surface area contributed by atoms with Crippen LogP contribution in [0.3, 0.4) is 0 Å². The van der Waals surface area contributed by atoms with E-state index in [1.807, 2.05) is 48.8 Å². The molecule has 1 saturated carbocycles. The Morgan fingerprint density at radius 1 is 1.10 bits per heavy atom. The number of nitrogens with zero attached hydrogens (tertiary/aromatic N) is 1. The second-order valence-electron chi connectivity index (χ2n) is 8.43. The van der Waals surface area contributed by atoms with Gasteiger partial charge in [-0.1, -0.05) is 19.3 Å². The Bertz CT molecular complexity index is 819. The number of carbonyl (C=O) groups excluding carboxylic acids is 1. The number of methoxy groups -OCH3 is 1. The predicted octanol–water partition coefficient (Wildman–Crippen LogP) is 3.58. The molecule has 1 saturated heterocycles. The molecular weight excluding hydrogens is 378 g/mol. The number of amides is 1. The van der Waals surface area contributed by atoms with Gasteiger partial charge in [0, 0.05) is 24.0 Å². The van der Waals surface area contributed by atoms with Crippen molar-refractivity contribution >= 4 is 11.6 Å². The molecule has 160 valence electrons. The molecule has 1 amide bonds. The molecule has 2 aromatic rings. The van der Waals surface area contributed by atoms with E-state index in [1.54, 1.807) is 7.11 Å². The number of pyridine rings is 1. The molecule has 2 fully saturated rings. The molecule has 1 aromatic heterocycles. The van der Waals surface area contributed by atoms with Crippen LogP contribution < -0.4 is 15.4 Å². The van der Waals surface area contributed by atoms with Gasteiger partial charge in [-0.05, 0) is 61.2 Å². The van der Waals surface area contributed by atoms with Crippen LogP contribution in [0.25, 0.3) is 0 Å². The molecule has 0 bridgehead atoms. The first-order valence-electron chi connectivity index (χ1n) is 10.9. The van der Waals surface area contributed by atoms with Gasteiger partial charge in [-0.15, -0.1) is 0 Å². The Kier molecular flexibility index (Phi) is 6.53. The third-order valence-electron chi connectivity index (χ3n) is 6.38. The fourth-order valence-corrected chi connectivity index (χ4v) is 4.60. The standard InChI is InChI=1S/C24H31N3O3/c1-29-21-7-5-20(6-8-21)27-24(11-3-2-4-12-24)23(28)26-22-17-30-16-19(22)15-18-9-13-25-14-10-18/h5-10,13-14,19,22,27H,2-4,11-12,15-17H2,1H3,(H,26,28)/t19-,22+/m1/s1. The summed E-state index contributed by atoms with van der Waals surface area (Å²) in [6.45, 7) is 1.24. The van der Waals surface area contributed by atoms with Gasteiger partial charge in [0.15, 0.2) is 0 Å². The van der Waals surface area contributed by atoms with Crippen LogP contribution in [0.2, 0.25) is 0 Å². The molecular formula is C24H31N3O3. The number of hydrogen-bond acceptors (Lipinski definition) is 5. The number of anilines is 1. The van der Waals surface area contributed by atoms with Crippen LogP contribution >= 0.6 is 0 Å². The first-order valence-corrected chi connectivity index (χ1v) is 10.9. The largest absolute Gasteiger partial charge is 0.497 e. The van der Waals surface area contributed by atoms with Crippen LogP contribution in [0.15, 0.2) is 48.8 Å². The summed E-state index contributed by atoms with van der Waals surface area (Å²) in [5.41, 5.74) is 1.60. The molecule has 2 heterocycles. The third-order valence-corrected chi connectivity index (χ3v) is 6.38. The van der Waals surface area contributed by atoms with Gasteiger partial charge in [-0.2, -0.15) is 0 Å². The van der Waals surface area contributed by atoms with Gasteiger partial charge in [0.25, 0.3) is 0 Å². The molecule has 2 aliphatic rings. The molecule has 1 aromatic carbocycles. The second-order valence-corrected chi connectivity index (χ2v) is 8.43. The molecule has 2 atom stereocenters. The van der Waals surface area contributed by atoms with Gasteiger partial charge < -0.3 is 20.1 Å². The summed E-state index contributed by atoms with van der Waals surface area (Å²) >= 11 is 0. The van der Waals surface area contributed by atoms with Crippen LogP contribution in [0.5, 0.6) is 5.75 Å². The lowest BCUT2D eigenvalue weighted by Crippen LogP contribution is -2.57. The third kappa shape index (κ3) is 4.75. The Hall–Kier alpha value is -2.60. The van der Waals surface area contributed by atoms with E-state index in [2.05, 4.69) is 15.6 Å². The molecule has 6 nitrogen and oxygen atoms in total. The number of rotatable bonds is 7. The van der Waals surface area contributed by atoms with Crippen molar-refractivity contribution in [3.8, 4) is 5.75 Å². The van der Waals surface area contributed by atoms with Gasteiger partial charge in [0.2, 0.25) is 5.91 Å². The molecule has 1 aliphatic heterocycles. The summed E-state index contributed by atoms with van der Waals surface area (Å²) in [4.78, 5) is 17.6. The van der Waals surface area contributed by atoms with Crippen molar-refractivity contribution in [3.05, 3.63) is 54.4 Å². The van der Waals surface area contributed by atoms with E-state index >= 15 is 0 Å². The highest BCUT2D eigenvalue weighted by Gasteiger charge is 2.42. The Labute approximate surface area is 178 Å². The Morgan fingerprint density at radius 2 is 1.83 bits per heavy atom. The monoisotopic (exact) mass is 409 g/mol. The van der Waals surface area contributed by atoms with Crippen LogP contribution in [0.4, 0.5) is 5.69 Å². The van der Waals surface area contributed by atoms with Gasteiger partial charge >= 0.3 is 0 Å². The molecule has 2 N–H and O–H groups in total. The quantitative estimate of drug-likeness (QED) is 0.731. The summed E-state index contributed by atoms with van der Waals surface area (Å²) in [6, 6.07) is 11.9. The summed E-state index contributed by atoms with van der Waals surface area (Å²) in [5.74, 6) is 1.18. The lowest BCUT2D eigenvalue weighted by Gasteiger charge is -2.38. The van der Waals surface area contributed by atoms with Crippen LogP contribution in [-0.4, -0.2) is 42.8 Å². The highest BCUT2D eigenvalue weighted by molar-refractivity contribution is 5.90. The average Bonchev–Trinajstić information content (AvgIpc) is 3.22. The number of ether oxygens (including phenoxy) is 2. The lowest BCUT2D eigenvalue weighted by molar-refractivity contribution is -0.127. The van der Waals surface area contributed by atoms with Crippen molar-refractivity contribution in [3.63, 3.8) is 0 Å². The number of benzene rings is 1. The number of nitrogens with one attached hydrogen (secondary N) is 2. The highest BCUT2D eigenvalue weighted by atomic mass is 16.5. The maximum Gasteiger partial charge on any atom is 0.245 e. The zero-order chi connectivity index (χ0) is 20.8. The van der Waals surface area contributed by atoms with Crippen molar-refractivity contribution in [1.82, 2.24) is 10.3 Å². The summed E-state index contributed by atoms with van der Waals surface area (Å²) in [5, 5.41) is 6.90. The molecule has 4 rings (SSSR count). The molecule has 0 spiro atoms. The average molecular weight is 410 g/mol. The van der Waals surface area contributed by atoms with Gasteiger partial charge in [0.05, 0.1) is 26.4 Å². The normalized spacial score (nSPS) is 23.0. The number of aromatic nitrogens is 1. The van der Waals surface area contributed by atoms with Crippen LogP contribution in [0.1, 0.15) is 37.7 Å². The first-order chi connectivity index (χ1) is 14.7. The van der Waals surface area contributed by atoms with Crippen LogP contribution in [-0.2, 0) is 16.0 Å². The number of carbonyl (C=O) groups is 1. The minimum atomic E-state index is -0.573.